The molecule has 22 heavy (non-hydrogen) atoms. The molecule has 2 aliphatic rings. The molecule has 2 aliphatic heterocycles. The molecule has 2 aromatic rings. The van der Waals surface area contributed by atoms with E-state index < -0.39 is 9.84 Å². The fourth-order valence-electron chi connectivity index (χ4n) is 3.39. The lowest BCUT2D eigenvalue weighted by molar-refractivity contribution is 0.518. The second kappa shape index (κ2) is 4.65. The van der Waals surface area contributed by atoms with Crippen molar-refractivity contribution in [3.8, 4) is 6.07 Å². The lowest BCUT2D eigenvalue weighted by Gasteiger charge is -2.33. The van der Waals surface area contributed by atoms with Crippen LogP contribution in [-0.4, -0.2) is 33.5 Å². The average molecular weight is 314 g/mol. The van der Waals surface area contributed by atoms with Crippen LogP contribution in [0.4, 0.5) is 0 Å². The molecule has 1 saturated heterocycles. The molecule has 1 fully saturated rings. The molecule has 7 heteroatoms. The third kappa shape index (κ3) is 1.87. The first-order valence-corrected chi connectivity index (χ1v) is 8.88. The van der Waals surface area contributed by atoms with Crippen LogP contribution < -0.4 is 0 Å². The van der Waals surface area contributed by atoms with E-state index in [2.05, 4.69) is 16.2 Å². The van der Waals surface area contributed by atoms with Gasteiger partial charge in [-0.15, -0.1) is 0 Å². The van der Waals surface area contributed by atoms with Crippen molar-refractivity contribution < 1.29 is 8.42 Å². The molecule has 112 valence electrons. The summed E-state index contributed by atoms with van der Waals surface area (Å²) in [7, 11) is -3.01. The highest BCUT2D eigenvalue weighted by Crippen LogP contribution is 2.38. The Hall–Kier alpha value is -2.20. The molecule has 6 nitrogen and oxygen atoms in total. The van der Waals surface area contributed by atoms with Gasteiger partial charge in [-0.3, -0.25) is 0 Å². The summed E-state index contributed by atoms with van der Waals surface area (Å²) in [4.78, 5) is 4.31. The molecule has 4 rings (SSSR count). The van der Waals surface area contributed by atoms with Gasteiger partial charge < -0.3 is 0 Å². The van der Waals surface area contributed by atoms with Crippen LogP contribution in [0.5, 0.6) is 0 Å². The Morgan fingerprint density at radius 3 is 2.95 bits per heavy atom. The highest BCUT2D eigenvalue weighted by molar-refractivity contribution is 7.93. The van der Waals surface area contributed by atoms with Gasteiger partial charge in [0.15, 0.2) is 15.5 Å². The first-order valence-electron chi connectivity index (χ1n) is 7.27. The van der Waals surface area contributed by atoms with E-state index in [9.17, 15) is 8.42 Å². The van der Waals surface area contributed by atoms with E-state index in [-0.39, 0.29) is 10.5 Å². The third-order valence-electron chi connectivity index (χ3n) is 4.58. The third-order valence-corrected chi connectivity index (χ3v) is 7.13. The molecular formula is C15H14N4O2S. The van der Waals surface area contributed by atoms with E-state index in [0.717, 1.165) is 24.0 Å². The van der Waals surface area contributed by atoms with Crippen molar-refractivity contribution in [2.45, 2.75) is 36.2 Å². The topological polar surface area (TPSA) is 88.1 Å². The first kappa shape index (κ1) is 13.5. The summed E-state index contributed by atoms with van der Waals surface area (Å²) in [6, 6.07) is 2.05. The molecule has 2 atom stereocenters. The quantitative estimate of drug-likeness (QED) is 0.799. The minimum atomic E-state index is -3.01. The summed E-state index contributed by atoms with van der Waals surface area (Å²) < 4.78 is 26.2. The number of nitriles is 1. The van der Waals surface area contributed by atoms with Gasteiger partial charge in [-0.05, 0) is 24.8 Å². The monoisotopic (exact) mass is 314 g/mol. The van der Waals surface area contributed by atoms with Crippen molar-refractivity contribution in [1.82, 2.24) is 14.6 Å². The van der Waals surface area contributed by atoms with Gasteiger partial charge in [0, 0.05) is 18.0 Å². The molecule has 0 N–H and O–H groups in total. The number of allylic oxidation sites excluding steroid dienone is 1. The van der Waals surface area contributed by atoms with Gasteiger partial charge in [-0.1, -0.05) is 12.5 Å². The maximum Gasteiger partial charge on any atom is 0.172 e. The lowest BCUT2D eigenvalue weighted by atomic mass is 9.95. The SMILES string of the molecule is N#Cc1cnn2cc(C3=CC4CCCC(C3)S4(=O)=O)cnc12. The zero-order valence-corrected chi connectivity index (χ0v) is 12.6. The van der Waals surface area contributed by atoms with Crippen LogP contribution in [0.3, 0.4) is 0 Å². The average Bonchev–Trinajstić information content (AvgIpc) is 2.88. The van der Waals surface area contributed by atoms with E-state index in [1.165, 1.54) is 6.20 Å². The van der Waals surface area contributed by atoms with Gasteiger partial charge >= 0.3 is 0 Å². The number of aromatic nitrogens is 3. The fourth-order valence-corrected chi connectivity index (χ4v) is 5.64. The highest BCUT2D eigenvalue weighted by Gasteiger charge is 2.40. The van der Waals surface area contributed by atoms with E-state index in [1.54, 1.807) is 10.7 Å². The second-order valence-corrected chi connectivity index (χ2v) is 8.31. The maximum atomic E-state index is 12.3. The van der Waals surface area contributed by atoms with Crippen molar-refractivity contribution in [1.29, 1.82) is 5.26 Å². The molecule has 0 aliphatic carbocycles. The standard InChI is InChI=1S/C15H14N4O2S/c16-6-11-8-18-19-9-12(7-17-15(11)19)10-4-13-2-1-3-14(5-10)22(13,20)21/h4,7-9,13-14H,1-3,5H2. The first-order chi connectivity index (χ1) is 10.6. The van der Waals surface area contributed by atoms with Gasteiger partial charge in [0.1, 0.15) is 11.6 Å². The summed E-state index contributed by atoms with van der Waals surface area (Å²) in [5.74, 6) is 0. The Morgan fingerprint density at radius 2 is 2.18 bits per heavy atom. The molecule has 2 unspecified atom stereocenters. The number of hydrogen-bond acceptors (Lipinski definition) is 5. The Kier molecular flexibility index (Phi) is 2.84. The van der Waals surface area contributed by atoms with Crippen molar-refractivity contribution in [3.05, 3.63) is 35.8 Å². The summed E-state index contributed by atoms with van der Waals surface area (Å²) in [5.41, 5.74) is 2.86. The van der Waals surface area contributed by atoms with Crippen LogP contribution >= 0.6 is 0 Å². The predicted molar refractivity (Wildman–Crippen MR) is 80.6 cm³/mol. The highest BCUT2D eigenvalue weighted by atomic mass is 32.2. The smallest absolute Gasteiger partial charge is 0.172 e. The van der Waals surface area contributed by atoms with Crippen molar-refractivity contribution in [2.75, 3.05) is 0 Å². The van der Waals surface area contributed by atoms with Crippen molar-refractivity contribution in [2.24, 2.45) is 0 Å². The van der Waals surface area contributed by atoms with Crippen LogP contribution in [0, 0.1) is 11.3 Å². The van der Waals surface area contributed by atoms with Crippen LogP contribution in [0.2, 0.25) is 0 Å². The molecule has 0 aromatic carbocycles. The van der Waals surface area contributed by atoms with Crippen LogP contribution in [-0.2, 0) is 9.84 Å². The van der Waals surface area contributed by atoms with Gasteiger partial charge in [0.05, 0.1) is 16.7 Å². The molecule has 2 aromatic heterocycles. The number of nitrogens with zero attached hydrogens (tertiary/aromatic N) is 4. The Labute approximate surface area is 128 Å². The van der Waals surface area contributed by atoms with Gasteiger partial charge in [0.25, 0.3) is 0 Å². The van der Waals surface area contributed by atoms with E-state index in [1.807, 2.05) is 12.3 Å². The Balaban J connectivity index is 1.80. The second-order valence-electron chi connectivity index (χ2n) is 5.86. The largest absolute Gasteiger partial charge is 0.235 e. The number of fused-ring (bicyclic) bond motifs is 3. The van der Waals surface area contributed by atoms with Crippen molar-refractivity contribution in [3.63, 3.8) is 0 Å². The zero-order valence-electron chi connectivity index (χ0n) is 11.8. The number of hydrogen-bond donors (Lipinski definition) is 0. The minimum absolute atomic E-state index is 0.269. The zero-order chi connectivity index (χ0) is 15.3. The van der Waals surface area contributed by atoms with Gasteiger partial charge in [0.2, 0.25) is 0 Å². The van der Waals surface area contributed by atoms with Gasteiger partial charge in [-0.25, -0.2) is 17.9 Å². The lowest BCUT2D eigenvalue weighted by Crippen LogP contribution is -2.38. The summed E-state index contributed by atoms with van der Waals surface area (Å²) in [5, 5.41) is 12.5. The maximum absolute atomic E-state index is 12.3. The van der Waals surface area contributed by atoms with E-state index >= 15 is 0 Å². The molecule has 0 radical (unpaired) electrons. The number of sulfone groups is 1. The minimum Gasteiger partial charge on any atom is -0.235 e. The molecule has 2 bridgehead atoms. The van der Waals surface area contributed by atoms with Crippen LogP contribution in [0.15, 0.2) is 24.7 Å². The van der Waals surface area contributed by atoms with Crippen LogP contribution in [0.25, 0.3) is 11.2 Å². The fraction of sp³-hybridized carbons (Fsp3) is 0.400. The Morgan fingerprint density at radius 1 is 1.32 bits per heavy atom. The van der Waals surface area contributed by atoms with Crippen LogP contribution in [0.1, 0.15) is 36.8 Å². The summed E-state index contributed by atoms with van der Waals surface area (Å²) in [6.45, 7) is 0. The molecular weight excluding hydrogens is 300 g/mol. The van der Waals surface area contributed by atoms with Gasteiger partial charge in [-0.2, -0.15) is 10.4 Å². The predicted octanol–water partition coefficient (Wildman–Crippen LogP) is 1.72. The summed E-state index contributed by atoms with van der Waals surface area (Å²) >= 11 is 0. The molecule has 4 heterocycles. The van der Waals surface area contributed by atoms with E-state index in [4.69, 9.17) is 5.26 Å². The molecule has 0 spiro atoms. The van der Waals surface area contributed by atoms with Crippen molar-refractivity contribution >= 4 is 21.1 Å². The normalized spacial score (nSPS) is 26.4. The molecule has 0 amide bonds. The van der Waals surface area contributed by atoms with E-state index in [0.29, 0.717) is 24.1 Å². The molecule has 0 saturated carbocycles. The summed E-state index contributed by atoms with van der Waals surface area (Å²) in [6.07, 6.45) is 9.85. The Bertz CT molecular complexity index is 936. The number of rotatable bonds is 1.